The molecule has 0 aliphatic heterocycles. The molecule has 5 rings (SSSR count). The van der Waals surface area contributed by atoms with Gasteiger partial charge in [-0.2, -0.15) is 0 Å². The second-order valence-corrected chi connectivity index (χ2v) is 9.44. The molecule has 3 heteroatoms. The van der Waals surface area contributed by atoms with Crippen LogP contribution in [0, 0.1) is 12.3 Å². The zero-order chi connectivity index (χ0) is 22.3. The molecule has 0 bridgehead atoms. The second kappa shape index (κ2) is 7.83. The summed E-state index contributed by atoms with van der Waals surface area (Å²) in [5.41, 5.74) is 6.31. The van der Waals surface area contributed by atoms with Gasteiger partial charge >= 0.3 is 0 Å². The summed E-state index contributed by atoms with van der Waals surface area (Å²) in [6.07, 6.45) is 1.45. The highest BCUT2D eigenvalue weighted by molar-refractivity contribution is 6.00. The zero-order valence-electron chi connectivity index (χ0n) is 18.8. The second-order valence-electron chi connectivity index (χ2n) is 9.44. The lowest BCUT2D eigenvalue weighted by atomic mass is 9.76. The lowest BCUT2D eigenvalue weighted by molar-refractivity contribution is 0.0911. The Morgan fingerprint density at radius 3 is 2.16 bits per heavy atom. The molecule has 32 heavy (non-hydrogen) atoms. The first-order valence-corrected chi connectivity index (χ1v) is 11.1. The molecule has 0 unspecified atom stereocenters. The normalized spacial score (nSPS) is 14.8. The van der Waals surface area contributed by atoms with Gasteiger partial charge < -0.3 is 9.30 Å². The van der Waals surface area contributed by atoms with Crippen molar-refractivity contribution in [3.63, 3.8) is 0 Å². The van der Waals surface area contributed by atoms with E-state index in [-0.39, 0.29) is 11.2 Å². The number of hydrogen-bond acceptors (Lipinski definition) is 2. The van der Waals surface area contributed by atoms with Crippen LogP contribution in [0.15, 0.2) is 84.9 Å². The highest BCUT2D eigenvalue weighted by Crippen LogP contribution is 2.40. The molecule has 1 heterocycles. The van der Waals surface area contributed by atoms with Crippen LogP contribution < -0.4 is 4.74 Å². The molecule has 0 amide bonds. The minimum absolute atomic E-state index is 0.0545. The first-order chi connectivity index (χ1) is 15.4. The molecule has 0 N–H and O–H groups in total. The van der Waals surface area contributed by atoms with Crippen molar-refractivity contribution in [2.24, 2.45) is 5.41 Å². The van der Waals surface area contributed by atoms with Crippen LogP contribution in [0.25, 0.3) is 16.9 Å². The third-order valence-corrected chi connectivity index (χ3v) is 6.11. The zero-order valence-corrected chi connectivity index (χ0v) is 18.8. The van der Waals surface area contributed by atoms with E-state index in [4.69, 9.17) is 4.74 Å². The SMILES string of the molecule is Cc1ccc(-c2cc3c(n2-c2ccc(Oc4ccccc4)cc2)CC(C)(C)CC3=O)cc1. The molecule has 1 aliphatic rings. The molecule has 0 saturated carbocycles. The minimum Gasteiger partial charge on any atom is -0.457 e. The van der Waals surface area contributed by atoms with Crippen molar-refractivity contribution in [3.05, 3.63) is 102 Å². The average molecular weight is 422 g/mol. The number of ketones is 1. The summed E-state index contributed by atoms with van der Waals surface area (Å²) >= 11 is 0. The van der Waals surface area contributed by atoms with Crippen molar-refractivity contribution < 1.29 is 9.53 Å². The summed E-state index contributed by atoms with van der Waals surface area (Å²) in [7, 11) is 0. The van der Waals surface area contributed by atoms with Gasteiger partial charge in [0.15, 0.2) is 5.78 Å². The van der Waals surface area contributed by atoms with E-state index in [1.807, 2.05) is 42.5 Å². The number of aromatic nitrogens is 1. The Balaban J connectivity index is 1.60. The molecule has 3 nitrogen and oxygen atoms in total. The fraction of sp³-hybridized carbons (Fsp3) is 0.207. The van der Waals surface area contributed by atoms with Crippen LogP contribution in [0.3, 0.4) is 0 Å². The highest BCUT2D eigenvalue weighted by Gasteiger charge is 2.35. The number of carbonyl (C=O) groups excluding carboxylic acids is 1. The molecule has 160 valence electrons. The van der Waals surface area contributed by atoms with Gasteiger partial charge in [0.1, 0.15) is 11.5 Å². The molecule has 3 aromatic carbocycles. The van der Waals surface area contributed by atoms with Crippen molar-refractivity contribution in [1.29, 1.82) is 0 Å². The number of hydrogen-bond donors (Lipinski definition) is 0. The Bertz CT molecular complexity index is 1260. The van der Waals surface area contributed by atoms with Crippen molar-refractivity contribution in [1.82, 2.24) is 4.57 Å². The quantitative estimate of drug-likeness (QED) is 0.344. The van der Waals surface area contributed by atoms with Gasteiger partial charge in [-0.3, -0.25) is 4.79 Å². The smallest absolute Gasteiger partial charge is 0.165 e. The molecule has 0 radical (unpaired) electrons. The molecule has 0 fully saturated rings. The Labute approximate surface area is 189 Å². The van der Waals surface area contributed by atoms with Crippen molar-refractivity contribution in [2.45, 2.75) is 33.6 Å². The van der Waals surface area contributed by atoms with Crippen LogP contribution in [0.1, 0.15) is 41.9 Å². The molecule has 4 aromatic rings. The maximum absolute atomic E-state index is 13.0. The fourth-order valence-corrected chi connectivity index (χ4v) is 4.53. The van der Waals surface area contributed by atoms with E-state index in [1.54, 1.807) is 0 Å². The van der Waals surface area contributed by atoms with Crippen LogP contribution in [-0.4, -0.2) is 10.4 Å². The lowest BCUT2D eigenvalue weighted by Gasteiger charge is -2.30. The van der Waals surface area contributed by atoms with Gasteiger partial charge in [-0.05, 0) is 66.8 Å². The maximum Gasteiger partial charge on any atom is 0.165 e. The summed E-state index contributed by atoms with van der Waals surface area (Å²) < 4.78 is 8.23. The van der Waals surface area contributed by atoms with Gasteiger partial charge in [0, 0.05) is 23.4 Å². The number of ether oxygens (including phenoxy) is 1. The largest absolute Gasteiger partial charge is 0.457 e. The first-order valence-electron chi connectivity index (χ1n) is 11.1. The van der Waals surface area contributed by atoms with E-state index < -0.39 is 0 Å². The van der Waals surface area contributed by atoms with Crippen LogP contribution in [-0.2, 0) is 6.42 Å². The Morgan fingerprint density at radius 2 is 1.47 bits per heavy atom. The summed E-state index contributed by atoms with van der Waals surface area (Å²) in [5.74, 6) is 1.83. The van der Waals surface area contributed by atoms with Crippen LogP contribution in [0.2, 0.25) is 0 Å². The van der Waals surface area contributed by atoms with Gasteiger partial charge in [-0.1, -0.05) is 61.9 Å². The standard InChI is InChI=1S/C29H27NO2/c1-20-9-11-21(12-10-20)26-17-25-27(18-29(2,3)19-28(25)31)30(26)22-13-15-24(16-14-22)32-23-7-5-4-6-8-23/h4-17H,18-19H2,1-3H3. The third kappa shape index (κ3) is 3.87. The predicted molar refractivity (Wildman–Crippen MR) is 129 cm³/mol. The molecular weight excluding hydrogens is 394 g/mol. The molecule has 0 saturated heterocycles. The van der Waals surface area contributed by atoms with Crippen LogP contribution >= 0.6 is 0 Å². The average Bonchev–Trinajstić information content (AvgIpc) is 3.14. The van der Waals surface area contributed by atoms with E-state index in [1.165, 1.54) is 5.56 Å². The third-order valence-electron chi connectivity index (χ3n) is 6.11. The Hall–Kier alpha value is -3.59. The highest BCUT2D eigenvalue weighted by atomic mass is 16.5. The number of para-hydroxylation sites is 1. The Morgan fingerprint density at radius 1 is 0.812 bits per heavy atom. The maximum atomic E-state index is 13.0. The van der Waals surface area contributed by atoms with Crippen molar-refractivity contribution in [2.75, 3.05) is 0 Å². The summed E-state index contributed by atoms with van der Waals surface area (Å²) in [4.78, 5) is 13.0. The molecule has 0 spiro atoms. The van der Waals surface area contributed by atoms with Crippen LogP contribution in [0.4, 0.5) is 0 Å². The topological polar surface area (TPSA) is 31.2 Å². The molecule has 0 atom stereocenters. The Kier molecular flexibility index (Phi) is 4.97. The van der Waals surface area contributed by atoms with Crippen molar-refractivity contribution >= 4 is 5.78 Å². The van der Waals surface area contributed by atoms with Gasteiger partial charge in [0.2, 0.25) is 0 Å². The molecule has 1 aromatic heterocycles. The summed E-state index contributed by atoms with van der Waals surface area (Å²) in [6.45, 7) is 6.44. The predicted octanol–water partition coefficient (Wildman–Crippen LogP) is 7.40. The van der Waals surface area contributed by atoms with E-state index >= 15 is 0 Å². The van der Waals surface area contributed by atoms with E-state index in [0.717, 1.165) is 46.1 Å². The van der Waals surface area contributed by atoms with Gasteiger partial charge in [-0.15, -0.1) is 0 Å². The monoisotopic (exact) mass is 421 g/mol. The fourth-order valence-electron chi connectivity index (χ4n) is 4.53. The van der Waals surface area contributed by atoms with E-state index in [2.05, 4.69) is 67.8 Å². The number of benzene rings is 3. The summed E-state index contributed by atoms with van der Waals surface area (Å²) in [5, 5.41) is 0. The molecular formula is C29H27NO2. The first kappa shape index (κ1) is 20.3. The summed E-state index contributed by atoms with van der Waals surface area (Å²) in [6, 6.07) is 28.5. The minimum atomic E-state index is -0.0545. The number of nitrogens with zero attached hydrogens (tertiary/aromatic N) is 1. The number of rotatable bonds is 4. The number of aryl methyl sites for hydroxylation is 1. The number of Topliss-reactive ketones (excluding diaryl/α,β-unsaturated/α-hetero) is 1. The van der Waals surface area contributed by atoms with Crippen molar-refractivity contribution in [3.8, 4) is 28.4 Å². The van der Waals surface area contributed by atoms with Gasteiger partial charge in [0.25, 0.3) is 0 Å². The lowest BCUT2D eigenvalue weighted by Crippen LogP contribution is -2.27. The van der Waals surface area contributed by atoms with E-state index in [9.17, 15) is 4.79 Å². The van der Waals surface area contributed by atoms with Crippen LogP contribution in [0.5, 0.6) is 11.5 Å². The van der Waals surface area contributed by atoms with Gasteiger partial charge in [-0.25, -0.2) is 0 Å². The number of carbonyl (C=O) groups is 1. The number of fused-ring (bicyclic) bond motifs is 1. The van der Waals surface area contributed by atoms with E-state index in [0.29, 0.717) is 6.42 Å². The van der Waals surface area contributed by atoms with Gasteiger partial charge in [0.05, 0.1) is 5.69 Å². The molecule has 1 aliphatic carbocycles.